The van der Waals surface area contributed by atoms with Crippen molar-refractivity contribution in [2.45, 2.75) is 32.9 Å². The minimum Gasteiger partial charge on any atom is -0.361 e. The third-order valence-electron chi connectivity index (χ3n) is 4.92. The Morgan fingerprint density at radius 2 is 1.96 bits per heavy atom. The van der Waals surface area contributed by atoms with Crippen LogP contribution in [0.5, 0.6) is 0 Å². The number of hydrogen-bond donors (Lipinski definition) is 1. The zero-order chi connectivity index (χ0) is 16.5. The highest BCUT2D eigenvalue weighted by atomic mass is 15.2. The van der Waals surface area contributed by atoms with Gasteiger partial charge in [-0.1, -0.05) is 54.1 Å². The normalized spacial score (nSPS) is 17.7. The fourth-order valence-electron chi connectivity index (χ4n) is 3.84. The fourth-order valence-corrected chi connectivity index (χ4v) is 3.84. The molecular formula is C22H24N2. The molecule has 2 aromatic carbocycles. The molecule has 3 aromatic rings. The van der Waals surface area contributed by atoms with E-state index in [2.05, 4.69) is 84.5 Å². The van der Waals surface area contributed by atoms with Crippen molar-refractivity contribution < 1.29 is 0 Å². The molecule has 1 unspecified atom stereocenters. The molecule has 0 spiro atoms. The van der Waals surface area contributed by atoms with E-state index in [4.69, 9.17) is 0 Å². The molecule has 2 nitrogen and oxygen atoms in total. The van der Waals surface area contributed by atoms with Crippen LogP contribution in [0.4, 0.5) is 0 Å². The maximum Gasteiger partial charge on any atom is 0.0544 e. The lowest BCUT2D eigenvalue weighted by atomic mass is 9.98. The molecule has 2 heterocycles. The number of aromatic nitrogens is 1. The van der Waals surface area contributed by atoms with Crippen LogP contribution in [0.2, 0.25) is 0 Å². The second-order valence-corrected chi connectivity index (χ2v) is 6.98. The molecule has 2 heteroatoms. The SMILES string of the molecule is CC(C)=CC1c2cccc3[nH]cc(c23)CCN1Cc1ccccc1. The van der Waals surface area contributed by atoms with E-state index in [1.165, 1.54) is 33.2 Å². The third-order valence-corrected chi connectivity index (χ3v) is 4.92. The van der Waals surface area contributed by atoms with Crippen molar-refractivity contribution in [1.29, 1.82) is 0 Å². The van der Waals surface area contributed by atoms with E-state index in [1.807, 2.05) is 0 Å². The molecule has 0 bridgehead atoms. The predicted molar refractivity (Wildman–Crippen MR) is 101 cm³/mol. The average Bonchev–Trinajstić information content (AvgIpc) is 2.94. The van der Waals surface area contributed by atoms with Gasteiger partial charge in [0.25, 0.3) is 0 Å². The molecule has 1 aromatic heterocycles. The third kappa shape index (κ3) is 2.78. The van der Waals surface area contributed by atoms with Gasteiger partial charge in [0, 0.05) is 30.2 Å². The van der Waals surface area contributed by atoms with Crippen LogP contribution in [-0.2, 0) is 13.0 Å². The summed E-state index contributed by atoms with van der Waals surface area (Å²) in [5.74, 6) is 0. The Morgan fingerprint density at radius 1 is 1.12 bits per heavy atom. The minimum atomic E-state index is 0.330. The van der Waals surface area contributed by atoms with E-state index in [-0.39, 0.29) is 0 Å². The molecule has 0 aliphatic carbocycles. The zero-order valence-electron chi connectivity index (χ0n) is 14.4. The smallest absolute Gasteiger partial charge is 0.0544 e. The Balaban J connectivity index is 1.80. The van der Waals surface area contributed by atoms with Gasteiger partial charge >= 0.3 is 0 Å². The summed E-state index contributed by atoms with van der Waals surface area (Å²) in [4.78, 5) is 6.06. The Morgan fingerprint density at radius 3 is 2.75 bits per heavy atom. The summed E-state index contributed by atoms with van der Waals surface area (Å²) in [6.07, 6.45) is 5.70. The van der Waals surface area contributed by atoms with E-state index < -0.39 is 0 Å². The van der Waals surface area contributed by atoms with Crippen molar-refractivity contribution in [3.8, 4) is 0 Å². The molecule has 0 fully saturated rings. The molecule has 122 valence electrons. The van der Waals surface area contributed by atoms with Gasteiger partial charge < -0.3 is 4.98 Å². The highest BCUT2D eigenvalue weighted by Crippen LogP contribution is 2.36. The van der Waals surface area contributed by atoms with Gasteiger partial charge in [0.15, 0.2) is 0 Å². The number of rotatable bonds is 3. The summed E-state index contributed by atoms with van der Waals surface area (Å²) in [5.41, 5.74) is 6.89. The fraction of sp³-hybridized carbons (Fsp3) is 0.273. The van der Waals surface area contributed by atoms with Gasteiger partial charge in [0.2, 0.25) is 0 Å². The first-order valence-corrected chi connectivity index (χ1v) is 8.74. The molecule has 1 N–H and O–H groups in total. The second-order valence-electron chi connectivity index (χ2n) is 6.98. The van der Waals surface area contributed by atoms with E-state index in [0.29, 0.717) is 6.04 Å². The van der Waals surface area contributed by atoms with E-state index >= 15 is 0 Å². The molecule has 0 radical (unpaired) electrons. The summed E-state index contributed by atoms with van der Waals surface area (Å²) in [6, 6.07) is 17.8. The molecule has 4 rings (SSSR count). The molecular weight excluding hydrogens is 292 g/mol. The van der Waals surface area contributed by atoms with Gasteiger partial charge in [-0.05, 0) is 43.0 Å². The van der Waals surface area contributed by atoms with Crippen LogP contribution in [0, 0.1) is 0 Å². The maximum absolute atomic E-state index is 3.45. The molecule has 1 aliphatic heterocycles. The molecule has 0 saturated carbocycles. The molecule has 0 amide bonds. The van der Waals surface area contributed by atoms with Crippen molar-refractivity contribution >= 4 is 10.9 Å². The van der Waals surface area contributed by atoms with Gasteiger partial charge in [-0.2, -0.15) is 0 Å². The van der Waals surface area contributed by atoms with Crippen molar-refractivity contribution in [1.82, 2.24) is 9.88 Å². The molecule has 0 saturated heterocycles. The van der Waals surface area contributed by atoms with Crippen LogP contribution in [0.25, 0.3) is 10.9 Å². The van der Waals surface area contributed by atoms with Gasteiger partial charge in [0.05, 0.1) is 6.04 Å². The van der Waals surface area contributed by atoms with Crippen LogP contribution >= 0.6 is 0 Å². The first-order valence-electron chi connectivity index (χ1n) is 8.74. The molecule has 1 aliphatic rings. The number of nitrogens with one attached hydrogen (secondary N) is 1. The Bertz CT molecular complexity index is 869. The largest absolute Gasteiger partial charge is 0.361 e. The Hall–Kier alpha value is -2.32. The topological polar surface area (TPSA) is 19.0 Å². The van der Waals surface area contributed by atoms with Crippen molar-refractivity contribution in [3.05, 3.63) is 83.1 Å². The van der Waals surface area contributed by atoms with Crippen LogP contribution in [-0.4, -0.2) is 16.4 Å². The number of nitrogens with zero attached hydrogens (tertiary/aromatic N) is 1. The number of hydrogen-bond acceptors (Lipinski definition) is 1. The summed E-state index contributed by atoms with van der Waals surface area (Å²) < 4.78 is 0. The first-order chi connectivity index (χ1) is 11.7. The lowest BCUT2D eigenvalue weighted by molar-refractivity contribution is 0.228. The zero-order valence-corrected chi connectivity index (χ0v) is 14.4. The van der Waals surface area contributed by atoms with Crippen molar-refractivity contribution in [2.24, 2.45) is 0 Å². The van der Waals surface area contributed by atoms with Gasteiger partial charge in [-0.25, -0.2) is 0 Å². The highest BCUT2D eigenvalue weighted by Gasteiger charge is 2.25. The number of allylic oxidation sites excluding steroid dienone is 1. The minimum absolute atomic E-state index is 0.330. The van der Waals surface area contributed by atoms with Gasteiger partial charge in [-0.15, -0.1) is 0 Å². The number of benzene rings is 2. The van der Waals surface area contributed by atoms with Gasteiger partial charge in [0.1, 0.15) is 0 Å². The summed E-state index contributed by atoms with van der Waals surface area (Å²) in [6.45, 7) is 6.46. The highest BCUT2D eigenvalue weighted by molar-refractivity contribution is 5.87. The lowest BCUT2D eigenvalue weighted by Gasteiger charge is -2.29. The van der Waals surface area contributed by atoms with Crippen molar-refractivity contribution in [2.75, 3.05) is 6.54 Å². The monoisotopic (exact) mass is 316 g/mol. The number of aromatic amines is 1. The first kappa shape index (κ1) is 15.2. The van der Waals surface area contributed by atoms with E-state index in [9.17, 15) is 0 Å². The maximum atomic E-state index is 3.45. The molecule has 1 atom stereocenters. The summed E-state index contributed by atoms with van der Waals surface area (Å²) >= 11 is 0. The van der Waals surface area contributed by atoms with Crippen LogP contribution < -0.4 is 0 Å². The average molecular weight is 316 g/mol. The predicted octanol–water partition coefficient (Wildman–Crippen LogP) is 5.23. The van der Waals surface area contributed by atoms with Crippen molar-refractivity contribution in [3.63, 3.8) is 0 Å². The number of H-pyrrole nitrogens is 1. The molecule has 24 heavy (non-hydrogen) atoms. The van der Waals surface area contributed by atoms with Crippen LogP contribution in [0.15, 0.2) is 66.4 Å². The summed E-state index contributed by atoms with van der Waals surface area (Å²) in [5, 5.41) is 1.43. The second kappa shape index (κ2) is 6.29. The van der Waals surface area contributed by atoms with Crippen LogP contribution in [0.1, 0.15) is 36.6 Å². The Kier molecular flexibility index (Phi) is 3.99. The summed E-state index contributed by atoms with van der Waals surface area (Å²) in [7, 11) is 0. The van der Waals surface area contributed by atoms with Gasteiger partial charge in [-0.3, -0.25) is 4.90 Å². The lowest BCUT2D eigenvalue weighted by Crippen LogP contribution is -2.28. The van der Waals surface area contributed by atoms with Crippen LogP contribution in [0.3, 0.4) is 0 Å². The quantitative estimate of drug-likeness (QED) is 0.655. The van der Waals surface area contributed by atoms with E-state index in [0.717, 1.165) is 19.5 Å². The standard InChI is InChI=1S/C22H24N2/c1-16(2)13-21-19-9-6-10-20-22(19)18(14-23-20)11-12-24(21)15-17-7-4-3-5-8-17/h3-10,13-14,21,23H,11-12,15H2,1-2H3. The van der Waals surface area contributed by atoms with E-state index in [1.54, 1.807) is 0 Å². The Labute approximate surface area is 143 Å².